The molecule has 0 aliphatic carbocycles. The van der Waals surface area contributed by atoms with E-state index in [0.29, 0.717) is 11.4 Å². The average molecular weight is 149 g/mol. The van der Waals surface area contributed by atoms with Crippen LogP contribution in [0.3, 0.4) is 0 Å². The van der Waals surface area contributed by atoms with Crippen LogP contribution in [0.25, 0.3) is 0 Å². The zero-order chi connectivity index (χ0) is 8.27. The van der Waals surface area contributed by atoms with Crippen LogP contribution < -0.4 is 4.74 Å². The number of aromatic nitrogens is 2. The van der Waals surface area contributed by atoms with E-state index in [9.17, 15) is 0 Å². The third-order valence-electron chi connectivity index (χ3n) is 1.29. The first-order valence-corrected chi connectivity index (χ1v) is 3.05. The van der Waals surface area contributed by atoms with Crippen molar-refractivity contribution in [2.24, 2.45) is 0 Å². The van der Waals surface area contributed by atoms with Crippen LogP contribution in [-0.4, -0.2) is 17.1 Å². The number of aryl methyl sites for hydroxylation is 1. The summed E-state index contributed by atoms with van der Waals surface area (Å²) < 4.78 is 4.92. The molecule has 0 amide bonds. The van der Waals surface area contributed by atoms with E-state index < -0.39 is 0 Å². The predicted molar refractivity (Wildman–Crippen MR) is 38.0 cm³/mol. The largest absolute Gasteiger partial charge is 0.492 e. The Morgan fingerprint density at radius 2 is 2.27 bits per heavy atom. The fourth-order valence-corrected chi connectivity index (χ4v) is 0.786. The fraction of sp³-hybridized carbons (Fsp3) is 0.286. The molecule has 0 fully saturated rings. The zero-order valence-electron chi connectivity index (χ0n) is 6.33. The maximum absolute atomic E-state index is 8.55. The fourth-order valence-electron chi connectivity index (χ4n) is 0.786. The second-order valence-corrected chi connectivity index (χ2v) is 1.95. The lowest BCUT2D eigenvalue weighted by Crippen LogP contribution is -1.96. The number of methoxy groups -OCH3 is 1. The van der Waals surface area contributed by atoms with Crippen molar-refractivity contribution in [3.63, 3.8) is 0 Å². The second kappa shape index (κ2) is 2.97. The summed E-state index contributed by atoms with van der Waals surface area (Å²) in [6.07, 6.45) is 1.34. The van der Waals surface area contributed by atoms with Gasteiger partial charge in [0.05, 0.1) is 12.8 Å². The van der Waals surface area contributed by atoms with Gasteiger partial charge in [-0.3, -0.25) is 0 Å². The third-order valence-corrected chi connectivity index (χ3v) is 1.29. The van der Waals surface area contributed by atoms with E-state index in [4.69, 9.17) is 10.00 Å². The van der Waals surface area contributed by atoms with Crippen LogP contribution in [0.2, 0.25) is 0 Å². The smallest absolute Gasteiger partial charge is 0.186 e. The van der Waals surface area contributed by atoms with Gasteiger partial charge < -0.3 is 4.74 Å². The molecule has 0 spiro atoms. The van der Waals surface area contributed by atoms with Crippen molar-refractivity contribution in [2.45, 2.75) is 6.92 Å². The maximum atomic E-state index is 8.55. The van der Waals surface area contributed by atoms with Crippen LogP contribution in [0.4, 0.5) is 0 Å². The van der Waals surface area contributed by atoms with Crippen molar-refractivity contribution in [1.82, 2.24) is 9.97 Å². The Morgan fingerprint density at radius 3 is 2.73 bits per heavy atom. The minimum atomic E-state index is 0.278. The number of hydrogen-bond acceptors (Lipinski definition) is 4. The Balaban J connectivity index is 3.27. The van der Waals surface area contributed by atoms with Gasteiger partial charge >= 0.3 is 0 Å². The summed E-state index contributed by atoms with van der Waals surface area (Å²) in [4.78, 5) is 7.60. The Bertz CT molecular complexity index is 303. The van der Waals surface area contributed by atoms with Crippen LogP contribution >= 0.6 is 0 Å². The Kier molecular flexibility index (Phi) is 2.02. The number of hydrogen-bond donors (Lipinski definition) is 0. The first kappa shape index (κ1) is 7.48. The van der Waals surface area contributed by atoms with Gasteiger partial charge in [-0.1, -0.05) is 0 Å². The van der Waals surface area contributed by atoms with Crippen LogP contribution in [-0.2, 0) is 0 Å². The lowest BCUT2D eigenvalue weighted by Gasteiger charge is -2.02. The highest BCUT2D eigenvalue weighted by Gasteiger charge is 2.06. The Morgan fingerprint density at radius 1 is 1.55 bits per heavy atom. The topological polar surface area (TPSA) is 58.8 Å². The van der Waals surface area contributed by atoms with E-state index >= 15 is 0 Å². The van der Waals surface area contributed by atoms with E-state index in [0.717, 1.165) is 0 Å². The summed E-state index contributed by atoms with van der Waals surface area (Å²) in [5.74, 6) is 0.454. The van der Waals surface area contributed by atoms with Gasteiger partial charge in [0.1, 0.15) is 12.4 Å². The van der Waals surface area contributed by atoms with Crippen LogP contribution in [0, 0.1) is 18.3 Å². The van der Waals surface area contributed by atoms with Gasteiger partial charge in [0, 0.05) is 0 Å². The molecular weight excluding hydrogens is 142 g/mol. The molecule has 0 aliphatic heterocycles. The van der Waals surface area contributed by atoms with Gasteiger partial charge in [-0.05, 0) is 6.92 Å². The summed E-state index contributed by atoms with van der Waals surface area (Å²) in [6.45, 7) is 1.77. The average Bonchev–Trinajstić information content (AvgIpc) is 2.04. The molecule has 0 atom stereocenters. The molecule has 0 unspecified atom stereocenters. The first-order valence-electron chi connectivity index (χ1n) is 3.05. The predicted octanol–water partition coefficient (Wildman–Crippen LogP) is 0.665. The summed E-state index contributed by atoms with van der Waals surface area (Å²) in [5.41, 5.74) is 0.957. The Labute approximate surface area is 64.5 Å². The molecule has 0 radical (unpaired) electrons. The summed E-state index contributed by atoms with van der Waals surface area (Å²) in [7, 11) is 1.49. The molecule has 56 valence electrons. The minimum absolute atomic E-state index is 0.278. The molecule has 4 nitrogen and oxygen atoms in total. The van der Waals surface area contributed by atoms with E-state index in [1.807, 2.05) is 6.07 Å². The number of rotatable bonds is 1. The molecule has 1 rings (SSSR count). The molecule has 11 heavy (non-hydrogen) atoms. The third kappa shape index (κ3) is 1.27. The van der Waals surface area contributed by atoms with E-state index in [-0.39, 0.29) is 5.69 Å². The summed E-state index contributed by atoms with van der Waals surface area (Å²) in [5, 5.41) is 8.55. The molecule has 0 N–H and O–H groups in total. The quantitative estimate of drug-likeness (QED) is 0.588. The summed E-state index contributed by atoms with van der Waals surface area (Å²) >= 11 is 0. The normalized spacial score (nSPS) is 8.82. The van der Waals surface area contributed by atoms with Crippen LogP contribution in [0.15, 0.2) is 6.33 Å². The van der Waals surface area contributed by atoms with E-state index in [1.165, 1.54) is 13.4 Å². The van der Waals surface area contributed by atoms with E-state index in [1.54, 1.807) is 6.92 Å². The van der Waals surface area contributed by atoms with Crippen molar-refractivity contribution in [3.05, 3.63) is 17.7 Å². The number of nitriles is 1. The number of ether oxygens (including phenoxy) is 1. The van der Waals surface area contributed by atoms with E-state index in [2.05, 4.69) is 9.97 Å². The van der Waals surface area contributed by atoms with Gasteiger partial charge in [0.2, 0.25) is 0 Å². The van der Waals surface area contributed by atoms with Crippen molar-refractivity contribution < 1.29 is 4.74 Å². The van der Waals surface area contributed by atoms with Crippen molar-refractivity contribution in [2.75, 3.05) is 7.11 Å². The Hall–Kier alpha value is -1.63. The number of nitrogens with zero attached hydrogens (tertiary/aromatic N) is 3. The molecule has 0 aromatic carbocycles. The van der Waals surface area contributed by atoms with Gasteiger partial charge in [0.25, 0.3) is 0 Å². The molecular formula is C7H7N3O. The van der Waals surface area contributed by atoms with Crippen LogP contribution in [0.5, 0.6) is 5.75 Å². The molecule has 1 aromatic rings. The lowest BCUT2D eigenvalue weighted by atomic mass is 10.3. The van der Waals surface area contributed by atoms with Gasteiger partial charge in [-0.2, -0.15) is 5.26 Å². The minimum Gasteiger partial charge on any atom is -0.492 e. The zero-order valence-corrected chi connectivity index (χ0v) is 6.33. The standard InChI is InChI=1S/C7H7N3O/c1-5-7(11-2)6(3-8)10-4-9-5/h4H,1-2H3. The molecule has 4 heteroatoms. The molecule has 0 aliphatic rings. The van der Waals surface area contributed by atoms with Crippen molar-refractivity contribution in [1.29, 1.82) is 5.26 Å². The van der Waals surface area contributed by atoms with Gasteiger partial charge in [0.15, 0.2) is 11.4 Å². The highest BCUT2D eigenvalue weighted by Crippen LogP contribution is 2.16. The molecule has 1 aromatic heterocycles. The SMILES string of the molecule is COc1c(C)ncnc1C#N. The maximum Gasteiger partial charge on any atom is 0.186 e. The molecule has 1 heterocycles. The van der Waals surface area contributed by atoms with Gasteiger partial charge in [-0.15, -0.1) is 0 Å². The first-order chi connectivity index (χ1) is 5.29. The van der Waals surface area contributed by atoms with Crippen LogP contribution in [0.1, 0.15) is 11.4 Å². The molecule has 0 saturated heterocycles. The lowest BCUT2D eigenvalue weighted by molar-refractivity contribution is 0.405. The monoisotopic (exact) mass is 149 g/mol. The van der Waals surface area contributed by atoms with Crippen molar-refractivity contribution in [3.8, 4) is 11.8 Å². The summed E-state index contributed by atoms with van der Waals surface area (Å²) in [6, 6.07) is 1.91. The highest BCUT2D eigenvalue weighted by molar-refractivity contribution is 5.39. The molecule has 0 saturated carbocycles. The highest BCUT2D eigenvalue weighted by atomic mass is 16.5. The molecule has 0 bridgehead atoms. The second-order valence-electron chi connectivity index (χ2n) is 1.95. The van der Waals surface area contributed by atoms with Gasteiger partial charge in [-0.25, -0.2) is 9.97 Å². The van der Waals surface area contributed by atoms with Crippen molar-refractivity contribution >= 4 is 0 Å².